The average molecular weight is 234 g/mol. The van der Waals surface area contributed by atoms with Crippen LogP contribution in [0.4, 0.5) is 0 Å². The van der Waals surface area contributed by atoms with Crippen LogP contribution in [-0.2, 0) is 9.53 Å². The number of carbonyl (C=O) groups excluding carboxylic acids is 1. The standard InChI is InChI=1S/C15H22O2/c1-10(2)14-12(4)6-5-7-15(14)9-11(3)8-13(16)17-15/h8,10H,5-7,9H2,1-4H3/t15-/m0/s1. The van der Waals surface area contributed by atoms with Crippen LogP contribution in [0.1, 0.15) is 53.4 Å². The van der Waals surface area contributed by atoms with Gasteiger partial charge in [0, 0.05) is 12.5 Å². The molecule has 0 aromatic rings. The molecule has 17 heavy (non-hydrogen) atoms. The van der Waals surface area contributed by atoms with Crippen molar-refractivity contribution < 1.29 is 9.53 Å². The molecular weight excluding hydrogens is 212 g/mol. The van der Waals surface area contributed by atoms with Crippen molar-refractivity contribution in [2.24, 2.45) is 5.92 Å². The maximum absolute atomic E-state index is 11.7. The first-order chi connectivity index (χ1) is 7.94. The summed E-state index contributed by atoms with van der Waals surface area (Å²) in [4.78, 5) is 11.7. The fraction of sp³-hybridized carbons (Fsp3) is 0.667. The van der Waals surface area contributed by atoms with E-state index in [4.69, 9.17) is 4.74 Å². The minimum atomic E-state index is -0.327. The maximum atomic E-state index is 11.7. The Balaban J connectivity index is 2.45. The molecule has 1 atom stereocenters. The summed E-state index contributed by atoms with van der Waals surface area (Å²) >= 11 is 0. The van der Waals surface area contributed by atoms with Crippen LogP contribution in [0.2, 0.25) is 0 Å². The van der Waals surface area contributed by atoms with Crippen LogP contribution in [0, 0.1) is 5.92 Å². The molecule has 2 heteroatoms. The second kappa shape index (κ2) is 4.32. The summed E-state index contributed by atoms with van der Waals surface area (Å²) in [5, 5.41) is 0. The molecule has 0 unspecified atom stereocenters. The predicted molar refractivity (Wildman–Crippen MR) is 68.6 cm³/mol. The number of carbonyl (C=O) groups is 1. The van der Waals surface area contributed by atoms with E-state index in [9.17, 15) is 4.79 Å². The molecule has 0 aromatic carbocycles. The fourth-order valence-electron chi connectivity index (χ4n) is 3.57. The van der Waals surface area contributed by atoms with Crippen LogP contribution in [0.15, 0.2) is 22.8 Å². The molecule has 1 aliphatic heterocycles. The molecule has 0 saturated carbocycles. The van der Waals surface area contributed by atoms with Gasteiger partial charge in [0.25, 0.3) is 0 Å². The Hall–Kier alpha value is -1.05. The normalized spacial score (nSPS) is 29.7. The number of hydrogen-bond donors (Lipinski definition) is 0. The third-order valence-electron chi connectivity index (χ3n) is 3.88. The average Bonchev–Trinajstić information content (AvgIpc) is 2.13. The summed E-state index contributed by atoms with van der Waals surface area (Å²) < 4.78 is 5.76. The monoisotopic (exact) mass is 234 g/mol. The van der Waals surface area contributed by atoms with Crippen LogP contribution in [-0.4, -0.2) is 11.6 Å². The molecule has 0 saturated heterocycles. The predicted octanol–water partition coefficient (Wildman–Crippen LogP) is 3.77. The van der Waals surface area contributed by atoms with Gasteiger partial charge >= 0.3 is 5.97 Å². The van der Waals surface area contributed by atoms with Crippen LogP contribution >= 0.6 is 0 Å². The number of rotatable bonds is 1. The Morgan fingerprint density at radius 2 is 2.06 bits per heavy atom. The lowest BCUT2D eigenvalue weighted by molar-refractivity contribution is -0.153. The van der Waals surface area contributed by atoms with Crippen molar-refractivity contribution in [2.45, 2.75) is 59.0 Å². The molecule has 0 bridgehead atoms. The van der Waals surface area contributed by atoms with E-state index in [0.29, 0.717) is 5.92 Å². The van der Waals surface area contributed by atoms with E-state index in [2.05, 4.69) is 20.8 Å². The Labute approximate surface area is 104 Å². The third-order valence-corrected chi connectivity index (χ3v) is 3.88. The van der Waals surface area contributed by atoms with Crippen LogP contribution in [0.3, 0.4) is 0 Å². The minimum absolute atomic E-state index is 0.165. The Morgan fingerprint density at radius 3 is 2.65 bits per heavy atom. The van der Waals surface area contributed by atoms with E-state index in [1.807, 2.05) is 6.92 Å². The van der Waals surface area contributed by atoms with Gasteiger partial charge in [-0.25, -0.2) is 4.79 Å². The van der Waals surface area contributed by atoms with Crippen LogP contribution in [0.25, 0.3) is 0 Å². The van der Waals surface area contributed by atoms with E-state index >= 15 is 0 Å². The van der Waals surface area contributed by atoms with Crippen LogP contribution < -0.4 is 0 Å². The van der Waals surface area contributed by atoms with Gasteiger partial charge in [0.1, 0.15) is 5.60 Å². The largest absolute Gasteiger partial charge is 0.451 e. The highest BCUT2D eigenvalue weighted by Gasteiger charge is 2.43. The number of esters is 1. The van der Waals surface area contributed by atoms with Gasteiger partial charge in [-0.05, 0) is 44.6 Å². The maximum Gasteiger partial charge on any atom is 0.331 e. The first kappa shape index (κ1) is 12.4. The first-order valence-electron chi connectivity index (χ1n) is 6.55. The van der Waals surface area contributed by atoms with Gasteiger partial charge in [0.05, 0.1) is 0 Å². The first-order valence-corrected chi connectivity index (χ1v) is 6.55. The van der Waals surface area contributed by atoms with Crippen molar-refractivity contribution in [2.75, 3.05) is 0 Å². The summed E-state index contributed by atoms with van der Waals surface area (Å²) in [5.41, 5.74) is 3.61. The summed E-state index contributed by atoms with van der Waals surface area (Å²) in [6.07, 6.45) is 5.77. The van der Waals surface area contributed by atoms with Crippen molar-refractivity contribution >= 4 is 5.97 Å². The van der Waals surface area contributed by atoms with Gasteiger partial charge in [0.15, 0.2) is 0 Å². The quantitative estimate of drug-likeness (QED) is 0.510. The second-order valence-corrected chi connectivity index (χ2v) is 5.79. The molecule has 1 spiro atoms. The van der Waals surface area contributed by atoms with Gasteiger partial charge in [-0.2, -0.15) is 0 Å². The van der Waals surface area contributed by atoms with Gasteiger partial charge < -0.3 is 4.74 Å². The minimum Gasteiger partial charge on any atom is -0.451 e. The molecule has 1 aliphatic carbocycles. The highest BCUT2D eigenvalue weighted by atomic mass is 16.6. The van der Waals surface area contributed by atoms with Crippen molar-refractivity contribution in [1.29, 1.82) is 0 Å². The molecule has 0 aromatic heterocycles. The summed E-state index contributed by atoms with van der Waals surface area (Å²) in [6.45, 7) is 8.63. The van der Waals surface area contributed by atoms with Crippen LogP contribution in [0.5, 0.6) is 0 Å². The number of hydrogen-bond acceptors (Lipinski definition) is 2. The third kappa shape index (κ3) is 2.18. The van der Waals surface area contributed by atoms with Gasteiger partial charge in [-0.15, -0.1) is 0 Å². The molecule has 2 rings (SSSR count). The van der Waals surface area contributed by atoms with Crippen molar-refractivity contribution in [3.05, 3.63) is 22.8 Å². The van der Waals surface area contributed by atoms with E-state index < -0.39 is 0 Å². The summed E-state index contributed by atoms with van der Waals surface area (Å²) in [5.74, 6) is 0.288. The lowest BCUT2D eigenvalue weighted by Crippen LogP contribution is -2.43. The van der Waals surface area contributed by atoms with Gasteiger partial charge in [-0.3, -0.25) is 0 Å². The molecule has 0 fully saturated rings. The topological polar surface area (TPSA) is 26.3 Å². The van der Waals surface area contributed by atoms with Gasteiger partial charge in [-0.1, -0.05) is 25.0 Å². The molecule has 0 radical (unpaired) electrons. The zero-order valence-electron chi connectivity index (χ0n) is 11.3. The Morgan fingerprint density at radius 1 is 1.35 bits per heavy atom. The van der Waals surface area contributed by atoms with E-state index in [-0.39, 0.29) is 11.6 Å². The van der Waals surface area contributed by atoms with E-state index in [0.717, 1.165) is 31.3 Å². The van der Waals surface area contributed by atoms with E-state index in [1.54, 1.807) is 6.08 Å². The molecular formula is C15H22O2. The van der Waals surface area contributed by atoms with Crippen molar-refractivity contribution in [3.63, 3.8) is 0 Å². The molecule has 2 aliphatic rings. The zero-order valence-corrected chi connectivity index (χ0v) is 11.3. The molecule has 1 heterocycles. The van der Waals surface area contributed by atoms with Gasteiger partial charge in [0.2, 0.25) is 0 Å². The molecule has 2 nitrogen and oxygen atoms in total. The fourth-order valence-corrected chi connectivity index (χ4v) is 3.57. The summed E-state index contributed by atoms with van der Waals surface area (Å²) in [6, 6.07) is 0. The molecule has 0 N–H and O–H groups in total. The van der Waals surface area contributed by atoms with Crippen molar-refractivity contribution in [1.82, 2.24) is 0 Å². The highest BCUT2D eigenvalue weighted by Crippen LogP contribution is 2.45. The highest BCUT2D eigenvalue weighted by molar-refractivity contribution is 5.84. The Bertz CT molecular complexity index is 401. The second-order valence-electron chi connectivity index (χ2n) is 5.79. The smallest absolute Gasteiger partial charge is 0.331 e. The molecule has 0 amide bonds. The number of ether oxygens (including phenoxy) is 1. The SMILES string of the molecule is CC1=CC(=O)O[C@@]2(CCCC(C)=C2C(C)C)C1. The lowest BCUT2D eigenvalue weighted by atomic mass is 9.71. The summed E-state index contributed by atoms with van der Waals surface area (Å²) in [7, 11) is 0. The van der Waals surface area contributed by atoms with E-state index in [1.165, 1.54) is 11.1 Å². The van der Waals surface area contributed by atoms with Crippen molar-refractivity contribution in [3.8, 4) is 0 Å². The number of allylic oxidation sites excluding steroid dienone is 1. The molecule has 94 valence electrons. The zero-order chi connectivity index (χ0) is 12.6. The Kier molecular flexibility index (Phi) is 3.15. The lowest BCUT2D eigenvalue weighted by Gasteiger charge is -2.43.